The maximum absolute atomic E-state index is 11.3. The molecule has 0 radical (unpaired) electrons. The first kappa shape index (κ1) is 13.4. The van der Waals surface area contributed by atoms with Gasteiger partial charge >= 0.3 is 5.97 Å². The second-order valence-electron chi connectivity index (χ2n) is 4.10. The van der Waals surface area contributed by atoms with E-state index in [1.54, 1.807) is 10.9 Å². The van der Waals surface area contributed by atoms with Gasteiger partial charge < -0.3 is 15.0 Å². The van der Waals surface area contributed by atoms with E-state index in [2.05, 4.69) is 10.7 Å². The van der Waals surface area contributed by atoms with Crippen LogP contribution in [0, 0.1) is 0 Å². The summed E-state index contributed by atoms with van der Waals surface area (Å²) in [4.78, 5) is 26.4. The van der Waals surface area contributed by atoms with Crippen molar-refractivity contribution in [2.24, 2.45) is 7.05 Å². The lowest BCUT2D eigenvalue weighted by atomic mass is 10.0. The summed E-state index contributed by atoms with van der Waals surface area (Å²) in [5.41, 5.74) is 4.50. The predicted octanol–water partition coefficient (Wildman–Crippen LogP) is -0.906. The van der Waals surface area contributed by atoms with Crippen LogP contribution in [0.5, 0.6) is 0 Å². The van der Waals surface area contributed by atoms with E-state index in [0.717, 1.165) is 5.69 Å². The third-order valence-corrected chi connectivity index (χ3v) is 2.46. The largest absolute Gasteiger partial charge is 0.455 e. The summed E-state index contributed by atoms with van der Waals surface area (Å²) in [7, 11) is 1.85. The van der Waals surface area contributed by atoms with E-state index in [1.807, 2.05) is 13.2 Å². The molecule has 6 heteroatoms. The number of imidazole rings is 1. The van der Waals surface area contributed by atoms with Gasteiger partial charge in [0.15, 0.2) is 17.9 Å². The molecule has 0 aliphatic carbocycles. The molecule has 2 unspecified atom stereocenters. The summed E-state index contributed by atoms with van der Waals surface area (Å²) in [5, 5.41) is 0. The van der Waals surface area contributed by atoms with Gasteiger partial charge in [-0.2, -0.15) is 0 Å². The normalized spacial score (nSPS) is 14.1. The van der Waals surface area contributed by atoms with Gasteiger partial charge in [0.1, 0.15) is 0 Å². The molecule has 0 fully saturated rings. The molecule has 94 valence electrons. The summed E-state index contributed by atoms with van der Waals surface area (Å²) in [6.07, 6.45) is 3.32. The quantitative estimate of drug-likeness (QED) is 0.675. The molecular formula is C11H18N3O3+. The average Bonchev–Trinajstić information content (AvgIpc) is 2.61. The van der Waals surface area contributed by atoms with Crippen molar-refractivity contribution < 1.29 is 20.1 Å². The average molecular weight is 240 g/mol. The predicted molar refractivity (Wildman–Crippen MR) is 59.8 cm³/mol. The third-order valence-electron chi connectivity index (χ3n) is 2.46. The van der Waals surface area contributed by atoms with Crippen molar-refractivity contribution in [3.8, 4) is 0 Å². The Kier molecular flexibility index (Phi) is 4.39. The van der Waals surface area contributed by atoms with Crippen LogP contribution in [0.1, 0.15) is 19.5 Å². The molecule has 0 saturated carbocycles. The molecule has 6 nitrogen and oxygen atoms in total. The first-order chi connectivity index (χ1) is 7.90. The number of nitrogens with zero attached hydrogens (tertiary/aromatic N) is 2. The Bertz CT molecular complexity index is 414. The number of carbonyl (C=O) groups is 2. The number of ketones is 1. The van der Waals surface area contributed by atoms with Crippen molar-refractivity contribution in [2.75, 3.05) is 0 Å². The highest BCUT2D eigenvalue weighted by Crippen LogP contribution is 2.07. The number of esters is 1. The molecular weight excluding hydrogens is 222 g/mol. The number of hydrogen-bond acceptors (Lipinski definition) is 4. The van der Waals surface area contributed by atoms with Crippen molar-refractivity contribution in [1.82, 2.24) is 9.55 Å². The van der Waals surface area contributed by atoms with Crippen LogP contribution < -0.4 is 5.73 Å². The lowest BCUT2D eigenvalue weighted by Gasteiger charge is -2.18. The maximum atomic E-state index is 11.3. The van der Waals surface area contributed by atoms with E-state index in [1.165, 1.54) is 13.8 Å². The van der Waals surface area contributed by atoms with Gasteiger partial charge in [0, 0.05) is 33.5 Å². The minimum Gasteiger partial charge on any atom is -0.455 e. The molecule has 0 spiro atoms. The number of Topliss-reactive ketones (excluding diaryl/α,β-unsaturated/α-hetero) is 1. The van der Waals surface area contributed by atoms with E-state index in [-0.39, 0.29) is 5.78 Å². The minimum absolute atomic E-state index is 0.104. The molecule has 2 atom stereocenters. The molecule has 3 N–H and O–H groups in total. The van der Waals surface area contributed by atoms with Gasteiger partial charge in [0.25, 0.3) is 0 Å². The Morgan fingerprint density at radius 1 is 1.53 bits per heavy atom. The molecule has 1 heterocycles. The lowest BCUT2D eigenvalue weighted by molar-refractivity contribution is -0.419. The Hall–Kier alpha value is -1.69. The Morgan fingerprint density at radius 2 is 2.18 bits per heavy atom. The standard InChI is InChI=1S/C11H17N3O3/c1-7(15)11(12)10(17-8(2)16)4-9-5-14(3)6-13-9/h5-6,10-11H,4,12H2,1-3H3/p+1. The Balaban J connectivity index is 2.76. The van der Waals surface area contributed by atoms with Crippen LogP contribution in [0.3, 0.4) is 0 Å². The third kappa shape index (κ3) is 3.99. The highest BCUT2D eigenvalue weighted by atomic mass is 16.5. The van der Waals surface area contributed by atoms with Crippen LogP contribution >= 0.6 is 0 Å². The second kappa shape index (κ2) is 5.58. The van der Waals surface area contributed by atoms with Gasteiger partial charge in [-0.1, -0.05) is 0 Å². The number of quaternary nitrogens is 1. The fraction of sp³-hybridized carbons (Fsp3) is 0.545. The first-order valence-corrected chi connectivity index (χ1v) is 5.37. The zero-order chi connectivity index (χ0) is 13.0. The molecule has 0 amide bonds. The van der Waals surface area contributed by atoms with E-state index >= 15 is 0 Å². The molecule has 1 aromatic rings. The number of hydrogen-bond donors (Lipinski definition) is 1. The number of carbonyl (C=O) groups excluding carboxylic acids is 2. The first-order valence-electron chi connectivity index (χ1n) is 5.37. The van der Waals surface area contributed by atoms with Crippen LogP contribution in [0.2, 0.25) is 0 Å². The van der Waals surface area contributed by atoms with Gasteiger partial charge in [-0.15, -0.1) is 0 Å². The fourth-order valence-corrected chi connectivity index (χ4v) is 1.52. The molecule has 0 saturated heterocycles. The Labute approximate surface area is 99.8 Å². The molecule has 1 rings (SSSR count). The van der Waals surface area contributed by atoms with Crippen LogP contribution in [0.25, 0.3) is 0 Å². The number of rotatable bonds is 5. The van der Waals surface area contributed by atoms with Gasteiger partial charge in [-0.3, -0.25) is 9.59 Å². The topological polar surface area (TPSA) is 88.8 Å². The van der Waals surface area contributed by atoms with Crippen LogP contribution in [0.15, 0.2) is 12.5 Å². The summed E-state index contributed by atoms with van der Waals surface area (Å²) >= 11 is 0. The molecule has 1 aromatic heterocycles. The highest BCUT2D eigenvalue weighted by molar-refractivity contribution is 5.81. The number of ether oxygens (including phenoxy) is 1. The smallest absolute Gasteiger partial charge is 0.303 e. The van der Waals surface area contributed by atoms with E-state index < -0.39 is 18.1 Å². The lowest BCUT2D eigenvalue weighted by Crippen LogP contribution is -2.70. The summed E-state index contributed by atoms with van der Waals surface area (Å²) in [5.74, 6) is -0.520. The van der Waals surface area contributed by atoms with Gasteiger partial charge in [-0.05, 0) is 0 Å². The SMILES string of the molecule is CC(=O)OC(Cc1cn(C)cn1)C([NH3+])C(C)=O. The fourth-order valence-electron chi connectivity index (χ4n) is 1.52. The maximum Gasteiger partial charge on any atom is 0.303 e. The molecule has 0 aromatic carbocycles. The molecule has 0 bridgehead atoms. The molecule has 0 aliphatic heterocycles. The zero-order valence-electron chi connectivity index (χ0n) is 10.3. The van der Waals surface area contributed by atoms with Crippen molar-refractivity contribution in [2.45, 2.75) is 32.4 Å². The van der Waals surface area contributed by atoms with Gasteiger partial charge in [0.05, 0.1) is 12.0 Å². The monoisotopic (exact) mass is 240 g/mol. The Morgan fingerprint density at radius 3 is 2.59 bits per heavy atom. The minimum atomic E-state index is -0.569. The van der Waals surface area contributed by atoms with Crippen LogP contribution in [-0.2, 0) is 27.8 Å². The number of aromatic nitrogens is 2. The van der Waals surface area contributed by atoms with Crippen molar-refractivity contribution >= 4 is 11.8 Å². The van der Waals surface area contributed by atoms with Crippen LogP contribution in [-0.4, -0.2) is 33.4 Å². The number of aryl methyl sites for hydroxylation is 1. The van der Waals surface area contributed by atoms with E-state index in [4.69, 9.17) is 4.74 Å². The summed E-state index contributed by atoms with van der Waals surface area (Å²) in [6, 6.07) is -0.569. The van der Waals surface area contributed by atoms with Crippen LogP contribution in [0.4, 0.5) is 0 Å². The highest BCUT2D eigenvalue weighted by Gasteiger charge is 2.28. The van der Waals surface area contributed by atoms with Crippen molar-refractivity contribution in [3.63, 3.8) is 0 Å². The summed E-state index contributed by atoms with van der Waals surface area (Å²) in [6.45, 7) is 2.75. The van der Waals surface area contributed by atoms with Crippen molar-refractivity contribution in [3.05, 3.63) is 18.2 Å². The molecule has 0 aliphatic rings. The zero-order valence-corrected chi connectivity index (χ0v) is 10.3. The van der Waals surface area contributed by atoms with Gasteiger partial charge in [-0.25, -0.2) is 4.98 Å². The molecule has 17 heavy (non-hydrogen) atoms. The second-order valence-corrected chi connectivity index (χ2v) is 4.10. The van der Waals surface area contributed by atoms with Crippen molar-refractivity contribution in [1.29, 1.82) is 0 Å². The summed E-state index contributed by atoms with van der Waals surface area (Å²) < 4.78 is 6.91. The van der Waals surface area contributed by atoms with Gasteiger partial charge in [0.2, 0.25) is 0 Å². The van der Waals surface area contributed by atoms with E-state index in [9.17, 15) is 9.59 Å². The van der Waals surface area contributed by atoms with E-state index in [0.29, 0.717) is 6.42 Å².